The van der Waals surface area contributed by atoms with Crippen LogP contribution in [0.1, 0.15) is 48.2 Å². The smallest absolute Gasteiger partial charge is 0.120 e. The molecule has 2 atom stereocenters. The third-order valence-electron chi connectivity index (χ3n) is 3.73. The summed E-state index contributed by atoms with van der Waals surface area (Å²) in [6.45, 7) is 8.30. The average molecular weight is 269 g/mol. The Morgan fingerprint density at radius 2 is 1.45 bits per heavy atom. The van der Waals surface area contributed by atoms with Gasteiger partial charge in [-0.05, 0) is 44.9 Å². The number of phenols is 1. The van der Waals surface area contributed by atoms with Crippen LogP contribution >= 0.6 is 0 Å². The van der Waals surface area contributed by atoms with E-state index >= 15 is 0 Å². The van der Waals surface area contributed by atoms with Gasteiger partial charge in [0.2, 0.25) is 0 Å². The standard InChI is InChI=1S/C18H23NO/c1-12-5-8-16(9-6-12)14(3)19-15(4)17-10-7-13(2)11-18(17)20/h5-11,14-15,19-20H,1-4H3/t14-,15?/m1/s1. The molecular formula is C18H23NO. The van der Waals surface area contributed by atoms with Gasteiger partial charge in [-0.3, -0.25) is 0 Å². The van der Waals surface area contributed by atoms with E-state index in [-0.39, 0.29) is 12.1 Å². The summed E-state index contributed by atoms with van der Waals surface area (Å²) in [6.07, 6.45) is 0. The van der Waals surface area contributed by atoms with Crippen LogP contribution < -0.4 is 5.32 Å². The molecule has 0 saturated heterocycles. The van der Waals surface area contributed by atoms with Gasteiger partial charge in [-0.2, -0.15) is 0 Å². The van der Waals surface area contributed by atoms with Gasteiger partial charge < -0.3 is 10.4 Å². The lowest BCUT2D eigenvalue weighted by Gasteiger charge is -2.21. The summed E-state index contributed by atoms with van der Waals surface area (Å²) in [5.74, 6) is 0.362. The summed E-state index contributed by atoms with van der Waals surface area (Å²) in [5, 5.41) is 13.6. The first-order chi connectivity index (χ1) is 9.47. The number of hydrogen-bond acceptors (Lipinski definition) is 2. The third-order valence-corrected chi connectivity index (χ3v) is 3.73. The lowest BCUT2D eigenvalue weighted by molar-refractivity contribution is 0.438. The lowest BCUT2D eigenvalue weighted by atomic mass is 10.0. The maximum Gasteiger partial charge on any atom is 0.120 e. The molecule has 2 nitrogen and oxygen atoms in total. The maximum atomic E-state index is 10.0. The summed E-state index contributed by atoms with van der Waals surface area (Å²) in [6, 6.07) is 14.7. The van der Waals surface area contributed by atoms with Crippen LogP contribution in [0.2, 0.25) is 0 Å². The van der Waals surface area contributed by atoms with Crippen molar-refractivity contribution >= 4 is 0 Å². The van der Waals surface area contributed by atoms with E-state index in [1.807, 2.05) is 25.1 Å². The molecule has 106 valence electrons. The number of hydrogen-bond donors (Lipinski definition) is 2. The summed E-state index contributed by atoms with van der Waals surface area (Å²) >= 11 is 0. The molecular weight excluding hydrogens is 246 g/mol. The fourth-order valence-corrected chi connectivity index (χ4v) is 2.44. The van der Waals surface area contributed by atoms with E-state index in [2.05, 4.69) is 50.4 Å². The second-order valence-corrected chi connectivity index (χ2v) is 5.58. The van der Waals surface area contributed by atoms with Crippen molar-refractivity contribution in [2.75, 3.05) is 0 Å². The van der Waals surface area contributed by atoms with E-state index < -0.39 is 0 Å². The SMILES string of the molecule is Cc1ccc([C@@H](C)NC(C)c2ccc(C)cc2O)cc1. The van der Waals surface area contributed by atoms with Crippen LogP contribution in [0.15, 0.2) is 42.5 Å². The Morgan fingerprint density at radius 1 is 0.850 bits per heavy atom. The number of phenolic OH excluding ortho intramolecular Hbond substituents is 1. The normalized spacial score (nSPS) is 14.0. The minimum absolute atomic E-state index is 0.104. The van der Waals surface area contributed by atoms with Crippen molar-refractivity contribution in [3.05, 3.63) is 64.7 Å². The largest absolute Gasteiger partial charge is 0.508 e. The number of benzene rings is 2. The third kappa shape index (κ3) is 3.40. The lowest BCUT2D eigenvalue weighted by Crippen LogP contribution is -2.22. The van der Waals surface area contributed by atoms with Crippen molar-refractivity contribution in [3.63, 3.8) is 0 Å². The molecule has 20 heavy (non-hydrogen) atoms. The highest BCUT2D eigenvalue weighted by molar-refractivity contribution is 5.38. The van der Waals surface area contributed by atoms with Crippen molar-refractivity contribution in [2.24, 2.45) is 0 Å². The van der Waals surface area contributed by atoms with Gasteiger partial charge in [-0.25, -0.2) is 0 Å². The van der Waals surface area contributed by atoms with Crippen LogP contribution in [0.3, 0.4) is 0 Å². The average Bonchev–Trinajstić information content (AvgIpc) is 2.39. The van der Waals surface area contributed by atoms with Crippen molar-refractivity contribution in [2.45, 2.75) is 39.8 Å². The molecule has 0 aliphatic carbocycles. The molecule has 0 radical (unpaired) electrons. The Morgan fingerprint density at radius 3 is 2.05 bits per heavy atom. The topological polar surface area (TPSA) is 32.3 Å². The summed E-state index contributed by atoms with van der Waals surface area (Å²) in [5.41, 5.74) is 4.54. The number of nitrogens with one attached hydrogen (secondary N) is 1. The van der Waals surface area contributed by atoms with E-state index in [4.69, 9.17) is 0 Å². The first-order valence-corrected chi connectivity index (χ1v) is 7.09. The Labute approximate surface area is 121 Å². The van der Waals surface area contributed by atoms with E-state index in [9.17, 15) is 5.11 Å². The maximum absolute atomic E-state index is 10.0. The number of aromatic hydroxyl groups is 1. The molecule has 0 saturated carbocycles. The van der Waals surface area contributed by atoms with Crippen LogP contribution in [0.25, 0.3) is 0 Å². The van der Waals surface area contributed by atoms with Crippen LogP contribution in [-0.4, -0.2) is 5.11 Å². The highest BCUT2D eigenvalue weighted by Gasteiger charge is 2.14. The summed E-state index contributed by atoms with van der Waals surface area (Å²) in [4.78, 5) is 0. The first-order valence-electron chi connectivity index (χ1n) is 7.09. The molecule has 1 unspecified atom stereocenters. The van der Waals surface area contributed by atoms with Crippen molar-refractivity contribution in [1.82, 2.24) is 5.32 Å². The van der Waals surface area contributed by atoms with E-state index in [0.717, 1.165) is 11.1 Å². The second-order valence-electron chi connectivity index (χ2n) is 5.58. The fraction of sp³-hybridized carbons (Fsp3) is 0.333. The number of aryl methyl sites for hydroxylation is 2. The van der Waals surface area contributed by atoms with Gasteiger partial charge >= 0.3 is 0 Å². The molecule has 2 aromatic rings. The van der Waals surface area contributed by atoms with Gasteiger partial charge in [0.05, 0.1) is 0 Å². The molecule has 2 N–H and O–H groups in total. The van der Waals surface area contributed by atoms with Gasteiger partial charge in [0.15, 0.2) is 0 Å². The fourth-order valence-electron chi connectivity index (χ4n) is 2.44. The zero-order valence-corrected chi connectivity index (χ0v) is 12.6. The molecule has 0 aromatic heterocycles. The van der Waals surface area contributed by atoms with Gasteiger partial charge in [0.25, 0.3) is 0 Å². The molecule has 0 spiro atoms. The second kappa shape index (κ2) is 6.10. The molecule has 0 bridgehead atoms. The molecule has 0 amide bonds. The van der Waals surface area contributed by atoms with Gasteiger partial charge in [-0.1, -0.05) is 42.0 Å². The Hall–Kier alpha value is -1.80. The molecule has 0 heterocycles. The quantitative estimate of drug-likeness (QED) is 0.861. The van der Waals surface area contributed by atoms with Crippen LogP contribution in [0.4, 0.5) is 0 Å². The molecule has 2 heteroatoms. The molecule has 0 aliphatic rings. The first kappa shape index (κ1) is 14.6. The highest BCUT2D eigenvalue weighted by Crippen LogP contribution is 2.27. The molecule has 2 rings (SSSR count). The van der Waals surface area contributed by atoms with Crippen LogP contribution in [0.5, 0.6) is 5.75 Å². The van der Waals surface area contributed by atoms with Gasteiger partial charge in [-0.15, -0.1) is 0 Å². The van der Waals surface area contributed by atoms with E-state index in [1.54, 1.807) is 0 Å². The zero-order valence-electron chi connectivity index (χ0n) is 12.6. The Balaban J connectivity index is 2.10. The number of rotatable bonds is 4. The minimum atomic E-state index is 0.104. The van der Waals surface area contributed by atoms with Crippen LogP contribution in [-0.2, 0) is 0 Å². The van der Waals surface area contributed by atoms with Gasteiger partial charge in [0.1, 0.15) is 5.75 Å². The van der Waals surface area contributed by atoms with E-state index in [1.165, 1.54) is 11.1 Å². The molecule has 0 fully saturated rings. The molecule has 2 aromatic carbocycles. The highest BCUT2D eigenvalue weighted by atomic mass is 16.3. The zero-order chi connectivity index (χ0) is 14.7. The monoisotopic (exact) mass is 269 g/mol. The van der Waals surface area contributed by atoms with Crippen molar-refractivity contribution in [1.29, 1.82) is 0 Å². The van der Waals surface area contributed by atoms with Crippen molar-refractivity contribution < 1.29 is 5.11 Å². The Bertz CT molecular complexity index is 574. The predicted octanol–water partition coefficient (Wildman–Crippen LogP) is 4.42. The predicted molar refractivity (Wildman–Crippen MR) is 84.0 cm³/mol. The minimum Gasteiger partial charge on any atom is -0.508 e. The summed E-state index contributed by atoms with van der Waals surface area (Å²) < 4.78 is 0. The van der Waals surface area contributed by atoms with Gasteiger partial charge in [0, 0.05) is 17.6 Å². The van der Waals surface area contributed by atoms with Crippen LogP contribution in [0, 0.1) is 13.8 Å². The summed E-state index contributed by atoms with van der Waals surface area (Å²) in [7, 11) is 0. The van der Waals surface area contributed by atoms with Crippen molar-refractivity contribution in [3.8, 4) is 5.75 Å². The Kier molecular flexibility index (Phi) is 4.46. The molecule has 0 aliphatic heterocycles. The van der Waals surface area contributed by atoms with E-state index in [0.29, 0.717) is 5.75 Å².